The van der Waals surface area contributed by atoms with Crippen molar-refractivity contribution in [3.63, 3.8) is 0 Å². The molecule has 0 spiro atoms. The van der Waals surface area contributed by atoms with E-state index in [1.165, 1.54) is 12.1 Å². The maximum atomic E-state index is 13.5. The van der Waals surface area contributed by atoms with Crippen LogP contribution in [0.5, 0.6) is 0 Å². The molecular weight excluding hydrogens is 282 g/mol. The summed E-state index contributed by atoms with van der Waals surface area (Å²) >= 11 is 0. The SMILES string of the molecule is CC(=O)CCC1c2ccc(F)cc2CCc2cc(F)ccc21. The smallest absolute Gasteiger partial charge is 0.129 e. The highest BCUT2D eigenvalue weighted by Gasteiger charge is 2.24. The van der Waals surface area contributed by atoms with Crippen molar-refractivity contribution in [2.45, 2.75) is 38.5 Å². The number of benzene rings is 2. The zero-order valence-electron chi connectivity index (χ0n) is 12.5. The van der Waals surface area contributed by atoms with Gasteiger partial charge in [0.1, 0.15) is 17.4 Å². The van der Waals surface area contributed by atoms with Crippen LogP contribution in [-0.4, -0.2) is 5.78 Å². The molecule has 0 N–H and O–H groups in total. The van der Waals surface area contributed by atoms with E-state index in [1.54, 1.807) is 19.1 Å². The maximum absolute atomic E-state index is 13.5. The average Bonchev–Trinajstić information content (AvgIpc) is 2.61. The van der Waals surface area contributed by atoms with Crippen LogP contribution in [0.4, 0.5) is 8.78 Å². The number of rotatable bonds is 3. The lowest BCUT2D eigenvalue weighted by Crippen LogP contribution is -2.06. The van der Waals surface area contributed by atoms with Gasteiger partial charge >= 0.3 is 0 Å². The summed E-state index contributed by atoms with van der Waals surface area (Å²) in [5, 5.41) is 0. The fourth-order valence-electron chi connectivity index (χ4n) is 3.36. The van der Waals surface area contributed by atoms with Crippen molar-refractivity contribution in [1.29, 1.82) is 0 Å². The van der Waals surface area contributed by atoms with Crippen LogP contribution in [0.2, 0.25) is 0 Å². The summed E-state index contributed by atoms with van der Waals surface area (Å²) in [5.41, 5.74) is 4.05. The lowest BCUT2D eigenvalue weighted by Gasteiger charge is -2.20. The van der Waals surface area contributed by atoms with Crippen LogP contribution in [0.1, 0.15) is 47.9 Å². The first-order valence-corrected chi connectivity index (χ1v) is 7.60. The number of halogens is 2. The number of Topliss-reactive ketones (excluding diaryl/α,β-unsaturated/α-hetero) is 1. The van der Waals surface area contributed by atoms with Gasteiger partial charge in [-0.2, -0.15) is 0 Å². The zero-order valence-corrected chi connectivity index (χ0v) is 12.5. The summed E-state index contributed by atoms with van der Waals surface area (Å²) < 4.78 is 27.1. The third kappa shape index (κ3) is 2.94. The Balaban J connectivity index is 2.09. The molecule has 1 aliphatic carbocycles. The van der Waals surface area contributed by atoms with Gasteiger partial charge in [-0.05, 0) is 72.7 Å². The molecule has 0 radical (unpaired) electrons. The number of aryl methyl sites for hydroxylation is 2. The summed E-state index contributed by atoms with van der Waals surface area (Å²) in [5.74, 6) is -0.337. The first-order valence-electron chi connectivity index (χ1n) is 7.60. The molecule has 3 rings (SSSR count). The van der Waals surface area contributed by atoms with Crippen LogP contribution in [0.15, 0.2) is 36.4 Å². The predicted molar refractivity (Wildman–Crippen MR) is 82.0 cm³/mol. The van der Waals surface area contributed by atoms with Gasteiger partial charge in [0.25, 0.3) is 0 Å². The van der Waals surface area contributed by atoms with Crippen LogP contribution in [-0.2, 0) is 17.6 Å². The number of fused-ring (bicyclic) bond motifs is 2. The highest BCUT2D eigenvalue weighted by atomic mass is 19.1. The Hall–Kier alpha value is -2.03. The van der Waals surface area contributed by atoms with Crippen LogP contribution >= 0.6 is 0 Å². The minimum atomic E-state index is -0.249. The summed E-state index contributed by atoms with van der Waals surface area (Å²) in [6.45, 7) is 1.58. The molecule has 0 fully saturated rings. The molecule has 0 unspecified atom stereocenters. The molecular formula is C19H18F2O. The second kappa shape index (κ2) is 5.99. The van der Waals surface area contributed by atoms with Gasteiger partial charge in [-0.25, -0.2) is 8.78 Å². The number of carbonyl (C=O) groups is 1. The fourth-order valence-corrected chi connectivity index (χ4v) is 3.36. The second-order valence-corrected chi connectivity index (χ2v) is 5.98. The quantitative estimate of drug-likeness (QED) is 0.812. The summed E-state index contributed by atoms with van der Waals surface area (Å²) in [6, 6.07) is 9.70. The first-order chi connectivity index (χ1) is 10.5. The van der Waals surface area contributed by atoms with Gasteiger partial charge in [0, 0.05) is 12.3 Å². The maximum Gasteiger partial charge on any atom is 0.129 e. The van der Waals surface area contributed by atoms with E-state index in [0.717, 1.165) is 22.3 Å². The average molecular weight is 300 g/mol. The summed E-state index contributed by atoms with van der Waals surface area (Å²) in [6.07, 6.45) is 2.53. The lowest BCUT2D eigenvalue weighted by molar-refractivity contribution is -0.117. The van der Waals surface area contributed by atoms with E-state index in [2.05, 4.69) is 0 Å². The predicted octanol–water partition coefficient (Wildman–Crippen LogP) is 4.56. The van der Waals surface area contributed by atoms with E-state index < -0.39 is 0 Å². The number of hydrogen-bond acceptors (Lipinski definition) is 1. The minimum absolute atomic E-state index is 0.0256. The van der Waals surface area contributed by atoms with Gasteiger partial charge in [0.15, 0.2) is 0 Å². The summed E-state index contributed by atoms with van der Waals surface area (Å²) in [7, 11) is 0. The van der Waals surface area contributed by atoms with E-state index in [9.17, 15) is 13.6 Å². The van der Waals surface area contributed by atoms with Crippen molar-refractivity contribution < 1.29 is 13.6 Å². The Bertz CT molecular complexity index is 668. The molecule has 22 heavy (non-hydrogen) atoms. The molecule has 0 amide bonds. The molecule has 0 atom stereocenters. The van der Waals surface area contributed by atoms with Gasteiger partial charge < -0.3 is 4.79 Å². The van der Waals surface area contributed by atoms with E-state index in [0.29, 0.717) is 25.7 Å². The van der Waals surface area contributed by atoms with Crippen LogP contribution in [0.3, 0.4) is 0 Å². The van der Waals surface area contributed by atoms with Gasteiger partial charge in [0.05, 0.1) is 0 Å². The number of ketones is 1. The third-order valence-corrected chi connectivity index (χ3v) is 4.41. The van der Waals surface area contributed by atoms with Gasteiger partial charge in [0.2, 0.25) is 0 Å². The molecule has 114 valence electrons. The van der Waals surface area contributed by atoms with Crippen molar-refractivity contribution in [1.82, 2.24) is 0 Å². The molecule has 0 aliphatic heterocycles. The van der Waals surface area contributed by atoms with Crippen molar-refractivity contribution in [2.75, 3.05) is 0 Å². The third-order valence-electron chi connectivity index (χ3n) is 4.41. The Labute approximate surface area is 129 Å². The Morgan fingerprint density at radius 1 is 1.00 bits per heavy atom. The van der Waals surface area contributed by atoms with Gasteiger partial charge in [-0.1, -0.05) is 12.1 Å². The topological polar surface area (TPSA) is 17.1 Å². The molecule has 2 aromatic carbocycles. The highest BCUT2D eigenvalue weighted by molar-refractivity contribution is 5.75. The Kier molecular flexibility index (Phi) is 4.06. The minimum Gasteiger partial charge on any atom is -0.300 e. The number of carbonyl (C=O) groups excluding carboxylic acids is 1. The number of hydrogen-bond donors (Lipinski definition) is 0. The molecule has 3 heteroatoms. The van der Waals surface area contributed by atoms with Crippen molar-refractivity contribution in [3.05, 3.63) is 70.3 Å². The van der Waals surface area contributed by atoms with E-state index in [1.807, 2.05) is 12.1 Å². The van der Waals surface area contributed by atoms with E-state index in [-0.39, 0.29) is 23.3 Å². The highest BCUT2D eigenvalue weighted by Crippen LogP contribution is 2.37. The normalized spacial score (nSPS) is 14.1. The van der Waals surface area contributed by atoms with E-state index >= 15 is 0 Å². The molecule has 1 nitrogen and oxygen atoms in total. The summed E-state index contributed by atoms with van der Waals surface area (Å²) in [4.78, 5) is 11.4. The molecule has 0 saturated carbocycles. The largest absolute Gasteiger partial charge is 0.300 e. The van der Waals surface area contributed by atoms with Crippen molar-refractivity contribution >= 4 is 5.78 Å². The lowest BCUT2D eigenvalue weighted by atomic mass is 9.84. The zero-order chi connectivity index (χ0) is 15.7. The standard InChI is InChI=1S/C19H18F2O/c1-12(22)2-7-19-17-8-5-15(20)10-13(17)3-4-14-11-16(21)6-9-18(14)19/h5-6,8-11,19H,2-4,7H2,1H3. The van der Waals surface area contributed by atoms with Crippen molar-refractivity contribution in [2.24, 2.45) is 0 Å². The van der Waals surface area contributed by atoms with Gasteiger partial charge in [-0.15, -0.1) is 0 Å². The van der Waals surface area contributed by atoms with Crippen molar-refractivity contribution in [3.8, 4) is 0 Å². The van der Waals surface area contributed by atoms with E-state index in [4.69, 9.17) is 0 Å². The molecule has 0 aromatic heterocycles. The van der Waals surface area contributed by atoms with Gasteiger partial charge in [-0.3, -0.25) is 0 Å². The fraction of sp³-hybridized carbons (Fsp3) is 0.316. The first kappa shape index (κ1) is 14.9. The van der Waals surface area contributed by atoms with Crippen LogP contribution in [0, 0.1) is 11.6 Å². The molecule has 0 heterocycles. The Morgan fingerprint density at radius 3 is 1.95 bits per heavy atom. The molecule has 2 aromatic rings. The van der Waals surface area contributed by atoms with Crippen LogP contribution < -0.4 is 0 Å². The molecule has 1 aliphatic rings. The molecule has 0 bridgehead atoms. The second-order valence-electron chi connectivity index (χ2n) is 5.98. The van der Waals surface area contributed by atoms with Crippen LogP contribution in [0.25, 0.3) is 0 Å². The Morgan fingerprint density at radius 2 is 1.50 bits per heavy atom. The monoisotopic (exact) mass is 300 g/mol. The molecule has 0 saturated heterocycles.